The Balaban J connectivity index is 2.06. The first-order valence-corrected chi connectivity index (χ1v) is 9.82. The Morgan fingerprint density at radius 3 is 2.56 bits per heavy atom. The van der Waals surface area contributed by atoms with Gasteiger partial charge < -0.3 is 20.3 Å². The minimum Gasteiger partial charge on any atom is -0.381 e. The van der Waals surface area contributed by atoms with Crippen LogP contribution in [0.25, 0.3) is 0 Å². The molecule has 2 aliphatic heterocycles. The number of hydrogen-bond donors (Lipinski definition) is 2. The van der Waals surface area contributed by atoms with Crippen molar-refractivity contribution in [2.45, 2.75) is 53.4 Å². The van der Waals surface area contributed by atoms with Crippen LogP contribution in [-0.4, -0.2) is 62.7 Å². The topological polar surface area (TPSA) is 66.0 Å². The lowest BCUT2D eigenvalue weighted by Gasteiger charge is -2.45. The van der Waals surface area contributed by atoms with Crippen LogP contribution >= 0.6 is 0 Å². The second kappa shape index (κ2) is 8.88. The van der Waals surface area contributed by atoms with Gasteiger partial charge >= 0.3 is 0 Å². The molecule has 144 valence electrons. The van der Waals surface area contributed by atoms with Crippen molar-refractivity contribution in [3.63, 3.8) is 0 Å². The summed E-state index contributed by atoms with van der Waals surface area (Å²) in [5, 5.41) is 6.33. The molecule has 0 aromatic rings. The molecule has 6 nitrogen and oxygen atoms in total. The second-order valence-electron chi connectivity index (χ2n) is 8.09. The van der Waals surface area contributed by atoms with E-state index in [0.29, 0.717) is 13.1 Å². The Morgan fingerprint density at radius 2 is 1.92 bits per heavy atom. The van der Waals surface area contributed by atoms with Gasteiger partial charge in [0.15, 0.2) is 5.96 Å². The Hall–Kier alpha value is -1.30. The standard InChI is InChI=1S/C19H36N4O2/c1-5-20-16(24)18(3,4)13-22-17(21-6-2)23-11-7-9-19(14-23)10-8-12-25-15-19/h5-15H2,1-4H3,(H,20,24)(H,21,22). The maximum absolute atomic E-state index is 12.2. The molecule has 25 heavy (non-hydrogen) atoms. The van der Waals surface area contributed by atoms with E-state index < -0.39 is 5.41 Å². The highest BCUT2D eigenvalue weighted by Gasteiger charge is 2.38. The molecule has 2 N–H and O–H groups in total. The van der Waals surface area contributed by atoms with Crippen LogP contribution in [0, 0.1) is 10.8 Å². The normalized spacial score (nSPS) is 25.1. The van der Waals surface area contributed by atoms with Crippen molar-refractivity contribution >= 4 is 11.9 Å². The monoisotopic (exact) mass is 352 g/mol. The number of hydrogen-bond acceptors (Lipinski definition) is 3. The molecule has 0 aliphatic carbocycles. The number of piperidine rings is 1. The molecule has 1 atom stereocenters. The van der Waals surface area contributed by atoms with Gasteiger partial charge in [0.2, 0.25) is 5.91 Å². The minimum atomic E-state index is -0.502. The summed E-state index contributed by atoms with van der Waals surface area (Å²) < 4.78 is 5.78. The summed E-state index contributed by atoms with van der Waals surface area (Å²) >= 11 is 0. The van der Waals surface area contributed by atoms with Gasteiger partial charge in [-0.05, 0) is 53.4 Å². The number of nitrogens with one attached hydrogen (secondary N) is 2. The van der Waals surface area contributed by atoms with E-state index >= 15 is 0 Å². The fourth-order valence-electron chi connectivity index (χ4n) is 3.79. The minimum absolute atomic E-state index is 0.0605. The van der Waals surface area contributed by atoms with Gasteiger partial charge in [-0.1, -0.05) is 0 Å². The third-order valence-electron chi connectivity index (χ3n) is 5.28. The summed E-state index contributed by atoms with van der Waals surface area (Å²) in [6.07, 6.45) is 4.82. The molecule has 0 radical (unpaired) electrons. The van der Waals surface area contributed by atoms with Gasteiger partial charge in [0.05, 0.1) is 18.6 Å². The summed E-state index contributed by atoms with van der Waals surface area (Å²) in [6, 6.07) is 0. The summed E-state index contributed by atoms with van der Waals surface area (Å²) in [6.45, 7) is 13.7. The number of carbonyl (C=O) groups is 1. The van der Waals surface area contributed by atoms with Crippen LogP contribution in [0.15, 0.2) is 4.99 Å². The van der Waals surface area contributed by atoms with Crippen LogP contribution in [0.3, 0.4) is 0 Å². The van der Waals surface area contributed by atoms with Gasteiger partial charge in [0.1, 0.15) is 0 Å². The molecule has 0 aromatic heterocycles. The van der Waals surface area contributed by atoms with Crippen molar-refractivity contribution in [2.24, 2.45) is 15.8 Å². The molecule has 0 saturated carbocycles. The molecule has 1 amide bonds. The summed E-state index contributed by atoms with van der Waals surface area (Å²) in [7, 11) is 0. The van der Waals surface area contributed by atoms with Crippen molar-refractivity contribution in [3.8, 4) is 0 Å². The van der Waals surface area contributed by atoms with Crippen LogP contribution in [0.5, 0.6) is 0 Å². The first-order chi connectivity index (χ1) is 11.9. The fourth-order valence-corrected chi connectivity index (χ4v) is 3.79. The molecule has 2 saturated heterocycles. The van der Waals surface area contributed by atoms with Crippen LogP contribution in [0.4, 0.5) is 0 Å². The molecule has 0 bridgehead atoms. The van der Waals surface area contributed by atoms with E-state index in [2.05, 4.69) is 22.5 Å². The molecule has 1 spiro atoms. The molecule has 6 heteroatoms. The quantitative estimate of drug-likeness (QED) is 0.587. The first-order valence-electron chi connectivity index (χ1n) is 9.82. The largest absolute Gasteiger partial charge is 0.381 e. The van der Waals surface area contributed by atoms with E-state index in [0.717, 1.165) is 45.2 Å². The number of amides is 1. The molecule has 2 fully saturated rings. The van der Waals surface area contributed by atoms with Crippen molar-refractivity contribution in [1.29, 1.82) is 0 Å². The van der Waals surface area contributed by atoms with Crippen molar-refractivity contribution < 1.29 is 9.53 Å². The lowest BCUT2D eigenvalue weighted by Crippen LogP contribution is -2.53. The number of guanidine groups is 1. The summed E-state index contributed by atoms with van der Waals surface area (Å²) in [4.78, 5) is 19.4. The number of nitrogens with zero attached hydrogens (tertiary/aromatic N) is 2. The maximum Gasteiger partial charge on any atom is 0.227 e. The number of likely N-dealkylation sites (tertiary alicyclic amines) is 1. The summed E-state index contributed by atoms with van der Waals surface area (Å²) in [5.74, 6) is 0.995. The van der Waals surface area contributed by atoms with Crippen molar-refractivity contribution in [3.05, 3.63) is 0 Å². The zero-order chi connectivity index (χ0) is 18.3. The Kier molecular flexibility index (Phi) is 7.11. The van der Waals surface area contributed by atoms with E-state index in [1.54, 1.807) is 0 Å². The van der Waals surface area contributed by atoms with Gasteiger partial charge in [0.25, 0.3) is 0 Å². The van der Waals surface area contributed by atoms with Crippen LogP contribution in [0.1, 0.15) is 53.4 Å². The van der Waals surface area contributed by atoms with E-state index in [9.17, 15) is 4.79 Å². The van der Waals surface area contributed by atoms with E-state index in [1.807, 2.05) is 20.8 Å². The zero-order valence-corrected chi connectivity index (χ0v) is 16.5. The number of aliphatic imine (C=N–C) groups is 1. The van der Waals surface area contributed by atoms with E-state index in [-0.39, 0.29) is 11.3 Å². The molecular weight excluding hydrogens is 316 g/mol. The van der Waals surface area contributed by atoms with Crippen molar-refractivity contribution in [1.82, 2.24) is 15.5 Å². The maximum atomic E-state index is 12.2. The average Bonchev–Trinajstić information content (AvgIpc) is 2.59. The van der Waals surface area contributed by atoms with Crippen LogP contribution in [-0.2, 0) is 9.53 Å². The highest BCUT2D eigenvalue weighted by atomic mass is 16.5. The Bertz CT molecular complexity index is 465. The molecular formula is C19H36N4O2. The predicted octanol–water partition coefficient (Wildman–Crippen LogP) is 2.01. The van der Waals surface area contributed by atoms with E-state index in [1.165, 1.54) is 19.3 Å². The van der Waals surface area contributed by atoms with Gasteiger partial charge in [-0.3, -0.25) is 9.79 Å². The van der Waals surface area contributed by atoms with Crippen molar-refractivity contribution in [2.75, 3.05) is 45.9 Å². The highest BCUT2D eigenvalue weighted by molar-refractivity contribution is 5.83. The van der Waals surface area contributed by atoms with Gasteiger partial charge in [-0.25, -0.2) is 0 Å². The lowest BCUT2D eigenvalue weighted by atomic mass is 9.76. The lowest BCUT2D eigenvalue weighted by molar-refractivity contribution is -0.128. The third-order valence-corrected chi connectivity index (χ3v) is 5.28. The molecule has 2 aliphatic rings. The Morgan fingerprint density at radius 1 is 1.20 bits per heavy atom. The molecule has 2 heterocycles. The van der Waals surface area contributed by atoms with E-state index in [4.69, 9.17) is 9.73 Å². The Labute approximate surface area is 152 Å². The number of rotatable bonds is 5. The number of ether oxygens (including phenoxy) is 1. The molecule has 0 aromatic carbocycles. The molecule has 2 rings (SSSR count). The fraction of sp³-hybridized carbons (Fsp3) is 0.895. The van der Waals surface area contributed by atoms with Crippen LogP contribution in [0.2, 0.25) is 0 Å². The first kappa shape index (κ1) is 20.0. The zero-order valence-electron chi connectivity index (χ0n) is 16.5. The summed E-state index contributed by atoms with van der Waals surface area (Å²) in [5.41, 5.74) is -0.222. The number of carbonyl (C=O) groups excluding carboxylic acids is 1. The average molecular weight is 353 g/mol. The van der Waals surface area contributed by atoms with Gasteiger partial charge in [0, 0.05) is 38.2 Å². The van der Waals surface area contributed by atoms with Crippen LogP contribution < -0.4 is 10.6 Å². The predicted molar refractivity (Wildman–Crippen MR) is 102 cm³/mol. The smallest absolute Gasteiger partial charge is 0.227 e. The second-order valence-corrected chi connectivity index (χ2v) is 8.09. The highest BCUT2D eigenvalue weighted by Crippen LogP contribution is 2.37. The van der Waals surface area contributed by atoms with Gasteiger partial charge in [-0.2, -0.15) is 0 Å². The SMILES string of the molecule is CCNC(=O)C(C)(C)CN=C(NCC)N1CCCC2(CCCOC2)C1. The van der Waals surface area contributed by atoms with Gasteiger partial charge in [-0.15, -0.1) is 0 Å². The third kappa shape index (κ3) is 5.33. The molecule has 1 unspecified atom stereocenters.